The molecule has 0 N–H and O–H groups in total. The number of fused-ring (bicyclic) bond motifs is 2. The van der Waals surface area contributed by atoms with Crippen molar-refractivity contribution in [1.82, 2.24) is 15.0 Å². The molecule has 4 aromatic rings. The van der Waals surface area contributed by atoms with E-state index in [9.17, 15) is 4.79 Å². The van der Waals surface area contributed by atoms with Gasteiger partial charge in [0.1, 0.15) is 0 Å². The number of pyridine rings is 1. The Labute approximate surface area is 188 Å². The van der Waals surface area contributed by atoms with Crippen LogP contribution in [-0.4, -0.2) is 41.0 Å². The van der Waals surface area contributed by atoms with E-state index >= 15 is 0 Å². The molecular formula is C24H20BrN5O. The van der Waals surface area contributed by atoms with Gasteiger partial charge in [-0.15, -0.1) is 0 Å². The van der Waals surface area contributed by atoms with E-state index in [-0.39, 0.29) is 5.91 Å². The van der Waals surface area contributed by atoms with Crippen molar-refractivity contribution < 1.29 is 4.79 Å². The Bertz CT molecular complexity index is 1320. The molecule has 5 rings (SSSR count). The van der Waals surface area contributed by atoms with Crippen LogP contribution in [0.4, 0.5) is 11.6 Å². The number of anilines is 2. The van der Waals surface area contributed by atoms with E-state index in [2.05, 4.69) is 15.9 Å². The number of para-hydroxylation sites is 2. The third-order valence-electron chi connectivity index (χ3n) is 5.49. The lowest BCUT2D eigenvalue weighted by atomic mass is 10.1. The summed E-state index contributed by atoms with van der Waals surface area (Å²) in [6.07, 6.45) is 0. The minimum atomic E-state index is -0.107. The molecule has 154 valence electrons. The summed E-state index contributed by atoms with van der Waals surface area (Å²) in [5, 5.41) is 0. The molecule has 0 radical (unpaired) electrons. The van der Waals surface area contributed by atoms with Crippen molar-refractivity contribution in [2.75, 3.05) is 29.9 Å². The highest BCUT2D eigenvalue weighted by Gasteiger charge is 2.30. The monoisotopic (exact) mass is 473 g/mol. The van der Waals surface area contributed by atoms with Crippen molar-refractivity contribution in [2.24, 2.45) is 0 Å². The fourth-order valence-electron chi connectivity index (χ4n) is 3.82. The average Bonchev–Trinajstić information content (AvgIpc) is 2.78. The molecule has 1 aliphatic heterocycles. The van der Waals surface area contributed by atoms with Gasteiger partial charge in [-0.05, 0) is 43.3 Å². The van der Waals surface area contributed by atoms with Gasteiger partial charge in [-0.25, -0.2) is 9.97 Å². The quantitative estimate of drug-likeness (QED) is 0.415. The summed E-state index contributed by atoms with van der Waals surface area (Å²) in [5.74, 6) is 1.20. The summed E-state index contributed by atoms with van der Waals surface area (Å²) in [4.78, 5) is 31.5. The standard InChI is InChI=1S/C24H20BrN5O/c1-15-18(10-11-19(26-15)16-6-5-7-17(25)14-16)24(31)30-13-12-29(2)22-23(30)28-21-9-4-3-8-20(21)27-22/h3-11,14H,12-13H2,1-2H3. The Morgan fingerprint density at radius 3 is 2.35 bits per heavy atom. The largest absolute Gasteiger partial charge is 0.355 e. The Balaban J connectivity index is 1.54. The maximum Gasteiger partial charge on any atom is 0.261 e. The van der Waals surface area contributed by atoms with Crippen molar-refractivity contribution >= 4 is 44.5 Å². The maximum absolute atomic E-state index is 13.5. The Hall–Kier alpha value is -3.32. The maximum atomic E-state index is 13.5. The van der Waals surface area contributed by atoms with Gasteiger partial charge in [-0.1, -0.05) is 40.2 Å². The third-order valence-corrected chi connectivity index (χ3v) is 5.99. The molecule has 2 aromatic heterocycles. The van der Waals surface area contributed by atoms with Crippen molar-refractivity contribution in [3.8, 4) is 11.3 Å². The first kappa shape index (κ1) is 19.6. The highest BCUT2D eigenvalue weighted by Crippen LogP contribution is 2.32. The van der Waals surface area contributed by atoms with Gasteiger partial charge >= 0.3 is 0 Å². The van der Waals surface area contributed by atoms with Gasteiger partial charge in [0.15, 0.2) is 11.6 Å². The highest BCUT2D eigenvalue weighted by molar-refractivity contribution is 9.10. The molecule has 0 atom stereocenters. The van der Waals surface area contributed by atoms with Gasteiger partial charge in [0, 0.05) is 30.2 Å². The number of aromatic nitrogens is 3. The van der Waals surface area contributed by atoms with Crippen LogP contribution in [0.3, 0.4) is 0 Å². The lowest BCUT2D eigenvalue weighted by molar-refractivity contribution is 0.0985. The van der Waals surface area contributed by atoms with Gasteiger partial charge in [0.2, 0.25) is 0 Å². The van der Waals surface area contributed by atoms with Crippen LogP contribution in [-0.2, 0) is 0 Å². The highest BCUT2D eigenvalue weighted by atomic mass is 79.9. The van der Waals surface area contributed by atoms with Crippen molar-refractivity contribution in [3.63, 3.8) is 0 Å². The zero-order valence-corrected chi connectivity index (χ0v) is 18.8. The topological polar surface area (TPSA) is 62.2 Å². The number of aryl methyl sites for hydroxylation is 1. The number of rotatable bonds is 2. The predicted octanol–water partition coefficient (Wildman–Crippen LogP) is 4.86. The fraction of sp³-hybridized carbons (Fsp3) is 0.167. The second kappa shape index (κ2) is 7.74. The van der Waals surface area contributed by atoms with Crippen LogP contribution in [0.25, 0.3) is 22.3 Å². The second-order valence-corrected chi connectivity index (χ2v) is 8.49. The molecule has 31 heavy (non-hydrogen) atoms. The molecule has 0 spiro atoms. The smallest absolute Gasteiger partial charge is 0.261 e. The molecule has 6 nitrogen and oxygen atoms in total. The zero-order chi connectivity index (χ0) is 21.5. The molecular weight excluding hydrogens is 454 g/mol. The van der Waals surface area contributed by atoms with Crippen LogP contribution in [0.15, 0.2) is 65.1 Å². The molecule has 1 aliphatic rings. The molecule has 0 saturated heterocycles. The average molecular weight is 474 g/mol. The van der Waals surface area contributed by atoms with Gasteiger partial charge in [0.05, 0.1) is 28.0 Å². The molecule has 0 unspecified atom stereocenters. The second-order valence-electron chi connectivity index (χ2n) is 7.58. The van der Waals surface area contributed by atoms with Crippen LogP contribution in [0.1, 0.15) is 16.1 Å². The van der Waals surface area contributed by atoms with Crippen LogP contribution >= 0.6 is 15.9 Å². The number of hydrogen-bond acceptors (Lipinski definition) is 5. The Morgan fingerprint density at radius 1 is 0.903 bits per heavy atom. The van der Waals surface area contributed by atoms with Crippen molar-refractivity contribution in [2.45, 2.75) is 6.92 Å². The number of hydrogen-bond donors (Lipinski definition) is 0. The normalized spacial score (nSPS) is 13.4. The predicted molar refractivity (Wildman–Crippen MR) is 127 cm³/mol. The zero-order valence-electron chi connectivity index (χ0n) is 17.2. The number of nitrogens with zero attached hydrogens (tertiary/aromatic N) is 5. The molecule has 0 saturated carbocycles. The summed E-state index contributed by atoms with van der Waals surface area (Å²) in [6, 6.07) is 19.4. The van der Waals surface area contributed by atoms with Crippen LogP contribution in [0, 0.1) is 6.92 Å². The summed E-state index contributed by atoms with van der Waals surface area (Å²) in [6.45, 7) is 3.11. The van der Waals surface area contributed by atoms with Gasteiger partial charge in [-0.3, -0.25) is 14.7 Å². The van der Waals surface area contributed by atoms with Gasteiger partial charge < -0.3 is 4.90 Å². The first-order chi connectivity index (χ1) is 15.0. The van der Waals surface area contributed by atoms with E-state index in [1.165, 1.54) is 0 Å². The molecule has 0 fully saturated rings. The van der Waals surface area contributed by atoms with Gasteiger partial charge in [0.25, 0.3) is 5.91 Å². The number of amides is 1. The van der Waals surface area contributed by atoms with E-state index in [1.807, 2.05) is 79.5 Å². The van der Waals surface area contributed by atoms with E-state index < -0.39 is 0 Å². The third kappa shape index (κ3) is 3.55. The number of benzene rings is 2. The first-order valence-electron chi connectivity index (χ1n) is 10.0. The van der Waals surface area contributed by atoms with Crippen LogP contribution in [0.2, 0.25) is 0 Å². The first-order valence-corrected chi connectivity index (χ1v) is 10.8. The summed E-state index contributed by atoms with van der Waals surface area (Å²) in [5.41, 5.74) is 4.69. The van der Waals surface area contributed by atoms with Crippen LogP contribution in [0.5, 0.6) is 0 Å². The van der Waals surface area contributed by atoms with Crippen LogP contribution < -0.4 is 9.80 Å². The number of carbonyl (C=O) groups excluding carboxylic acids is 1. The van der Waals surface area contributed by atoms with E-state index in [0.717, 1.165) is 32.6 Å². The number of halogens is 1. The van der Waals surface area contributed by atoms with Crippen molar-refractivity contribution in [1.29, 1.82) is 0 Å². The van der Waals surface area contributed by atoms with E-state index in [4.69, 9.17) is 15.0 Å². The lowest BCUT2D eigenvalue weighted by Gasteiger charge is -2.34. The van der Waals surface area contributed by atoms with E-state index in [1.54, 1.807) is 4.90 Å². The SMILES string of the molecule is Cc1nc(-c2cccc(Br)c2)ccc1C(=O)N1CCN(C)c2nc3ccccc3nc21. The Kier molecular flexibility index (Phi) is 4.90. The Morgan fingerprint density at radius 2 is 1.65 bits per heavy atom. The summed E-state index contributed by atoms with van der Waals surface area (Å²) in [7, 11) is 1.98. The molecule has 2 aromatic carbocycles. The summed E-state index contributed by atoms with van der Waals surface area (Å²) >= 11 is 3.50. The minimum absolute atomic E-state index is 0.107. The lowest BCUT2D eigenvalue weighted by Crippen LogP contribution is -2.44. The van der Waals surface area contributed by atoms with Gasteiger partial charge in [-0.2, -0.15) is 0 Å². The van der Waals surface area contributed by atoms with E-state index in [0.29, 0.717) is 30.2 Å². The molecule has 7 heteroatoms. The number of likely N-dealkylation sites (N-methyl/N-ethyl adjacent to an activating group) is 1. The molecule has 0 bridgehead atoms. The summed E-state index contributed by atoms with van der Waals surface area (Å²) < 4.78 is 0.990. The molecule has 0 aliphatic carbocycles. The molecule has 1 amide bonds. The number of carbonyl (C=O) groups is 1. The molecule has 3 heterocycles. The minimum Gasteiger partial charge on any atom is -0.355 e. The fourth-order valence-corrected chi connectivity index (χ4v) is 4.22. The van der Waals surface area contributed by atoms with Crippen molar-refractivity contribution in [3.05, 3.63) is 76.4 Å².